The third-order valence-electron chi connectivity index (χ3n) is 13.1. The van der Waals surface area contributed by atoms with E-state index in [9.17, 15) is 40.8 Å². The molecule has 3 aliphatic heterocycles. The van der Waals surface area contributed by atoms with E-state index < -0.39 is 73.9 Å². The molecule has 3 N–H and O–H groups in total. The molecule has 0 spiro atoms. The van der Waals surface area contributed by atoms with Gasteiger partial charge in [0.2, 0.25) is 27.4 Å². The Balaban J connectivity index is 1.06. The predicted molar refractivity (Wildman–Crippen MR) is 223 cm³/mol. The second-order valence-corrected chi connectivity index (χ2v) is 19.8. The number of allylic oxidation sites excluding steroid dienone is 1. The van der Waals surface area contributed by atoms with Gasteiger partial charge in [-0.2, -0.15) is 18.2 Å². The molecule has 5 aliphatic rings. The van der Waals surface area contributed by atoms with E-state index in [4.69, 9.17) is 9.15 Å². The number of urea groups is 1. The van der Waals surface area contributed by atoms with Gasteiger partial charge in [-0.1, -0.05) is 49.3 Å². The molecule has 0 bridgehead atoms. The topological polar surface area (TPSA) is 193 Å². The molecule has 4 aromatic rings. The summed E-state index contributed by atoms with van der Waals surface area (Å²) in [6.07, 6.45) is 3.80. The zero-order valence-electron chi connectivity index (χ0n) is 34.6. The first-order valence-corrected chi connectivity index (χ1v) is 23.0. The van der Waals surface area contributed by atoms with Crippen LogP contribution in [-0.2, 0) is 30.6 Å². The van der Waals surface area contributed by atoms with E-state index in [1.807, 2.05) is 12.2 Å². The molecule has 2 saturated carbocycles. The number of rotatable bonds is 7. The summed E-state index contributed by atoms with van der Waals surface area (Å²) in [5, 5.41) is 6.39. The van der Waals surface area contributed by atoms with Crippen LogP contribution in [0.15, 0.2) is 65.1 Å². The molecule has 5 amide bonds. The number of amides is 5. The molecule has 63 heavy (non-hydrogen) atoms. The Morgan fingerprint density at radius 3 is 2.46 bits per heavy atom. The average molecular weight is 892 g/mol. The molecule has 4 fully saturated rings. The van der Waals surface area contributed by atoms with Crippen molar-refractivity contribution in [2.45, 2.75) is 112 Å². The molecule has 2 aromatic heterocycles. The number of likely N-dealkylation sites (tertiary alicyclic amines) is 1. The third-order valence-corrected chi connectivity index (χ3v) is 15.3. The Bertz CT molecular complexity index is 2610. The lowest BCUT2D eigenvalue weighted by Crippen LogP contribution is -2.59. The third kappa shape index (κ3) is 8.31. The van der Waals surface area contributed by atoms with Crippen molar-refractivity contribution >= 4 is 55.8 Å². The fourth-order valence-electron chi connectivity index (χ4n) is 8.85. The van der Waals surface area contributed by atoms with E-state index in [1.54, 1.807) is 36.1 Å². The van der Waals surface area contributed by atoms with Gasteiger partial charge >= 0.3 is 12.2 Å². The maximum Gasteiger partial charge on any atom is 0.416 e. The van der Waals surface area contributed by atoms with Crippen LogP contribution in [0.5, 0.6) is 5.88 Å². The minimum absolute atomic E-state index is 0.0416. The quantitative estimate of drug-likeness (QED) is 0.186. The number of carbonyl (C=O) groups excluding carboxylic acids is 4. The summed E-state index contributed by atoms with van der Waals surface area (Å²) in [5.41, 5.74) is -1.29. The van der Waals surface area contributed by atoms with Crippen molar-refractivity contribution in [3.8, 4) is 17.3 Å². The number of furan rings is 1. The molecular weight excluding hydrogens is 844 g/mol. The SMILES string of the molecule is CC1(S(=O)(=O)NC(=O)[C@@]23C[C@H]2C=CCCCCC[C@H](NC(=O)N2CCCC2)C(=O)N2C[C@H](Oc4nc(-c5ccc(C(F)(F)F)cc5)nc5c4oc4ccccc45)C[C@H]2C(=O)N3)CC1. The normalized spacial score (nSPS) is 26.3. The first-order chi connectivity index (χ1) is 30.0. The fourth-order valence-corrected chi connectivity index (χ4v) is 10.2. The highest BCUT2D eigenvalue weighted by Crippen LogP contribution is 2.48. The summed E-state index contributed by atoms with van der Waals surface area (Å²) in [6, 6.07) is 8.75. The van der Waals surface area contributed by atoms with Gasteiger partial charge < -0.3 is 29.6 Å². The Hall–Kier alpha value is -5.72. The van der Waals surface area contributed by atoms with Gasteiger partial charge in [-0.05, 0) is 82.6 Å². The summed E-state index contributed by atoms with van der Waals surface area (Å²) < 4.78 is 80.8. The summed E-state index contributed by atoms with van der Waals surface area (Å²) >= 11 is 0. The summed E-state index contributed by atoms with van der Waals surface area (Å²) in [7, 11) is -4.06. The van der Waals surface area contributed by atoms with Gasteiger partial charge in [-0.15, -0.1) is 0 Å². The van der Waals surface area contributed by atoms with Crippen LogP contribution in [0, 0.1) is 5.92 Å². The molecule has 19 heteroatoms. The highest BCUT2D eigenvalue weighted by atomic mass is 32.2. The summed E-state index contributed by atoms with van der Waals surface area (Å²) in [5.74, 6) is -2.64. The van der Waals surface area contributed by atoms with Gasteiger partial charge in [0.15, 0.2) is 5.82 Å². The Kier molecular flexibility index (Phi) is 10.9. The van der Waals surface area contributed by atoms with Gasteiger partial charge in [0.05, 0.1) is 16.9 Å². The van der Waals surface area contributed by atoms with Crippen LogP contribution in [0.2, 0.25) is 0 Å². The fraction of sp³-hybridized carbons (Fsp3) is 0.500. The zero-order valence-corrected chi connectivity index (χ0v) is 35.4. The van der Waals surface area contributed by atoms with E-state index in [0.717, 1.165) is 37.8 Å². The number of para-hydroxylation sites is 1. The van der Waals surface area contributed by atoms with Crippen LogP contribution in [-0.4, -0.2) is 100 Å². The van der Waals surface area contributed by atoms with Crippen molar-refractivity contribution in [1.82, 2.24) is 35.1 Å². The maximum absolute atomic E-state index is 14.8. The Morgan fingerprint density at radius 2 is 1.73 bits per heavy atom. The monoisotopic (exact) mass is 891 g/mol. The lowest BCUT2D eigenvalue weighted by atomic mass is 10.0. The van der Waals surface area contributed by atoms with Crippen LogP contribution in [0.4, 0.5) is 18.0 Å². The second kappa shape index (κ2) is 16.1. The van der Waals surface area contributed by atoms with E-state index in [1.165, 1.54) is 17.0 Å². The predicted octanol–water partition coefficient (Wildman–Crippen LogP) is 5.98. The van der Waals surface area contributed by atoms with Crippen molar-refractivity contribution < 1.29 is 49.9 Å². The first-order valence-electron chi connectivity index (χ1n) is 21.5. The van der Waals surface area contributed by atoms with E-state index in [0.29, 0.717) is 61.7 Å². The molecule has 334 valence electrons. The molecular formula is C44H48F3N7O8S. The average Bonchev–Trinajstić information content (AvgIpc) is 3.88. The number of sulfonamides is 1. The van der Waals surface area contributed by atoms with Crippen LogP contribution in [0.25, 0.3) is 33.5 Å². The number of alkyl halides is 3. The summed E-state index contributed by atoms with van der Waals surface area (Å²) in [6.45, 7) is 2.49. The standard InChI is InChI=1S/C44H48F3N7O8S/c1-42(19-20-42)63(59,60)52-40(57)43-24-28(43)11-5-3-2-4-6-13-31(48-41(58)53-21-9-10-22-53)39(56)54-25-29(23-32(54)37(55)51-43)61-38-35-34(30-12-7-8-14-33(30)62-35)49-36(50-38)26-15-17-27(18-16-26)44(45,46)47/h5,7-8,11-12,14-18,28-29,31-32H,2-4,6,9-10,13,19-25H2,1H3,(H,48,58)(H,51,55)(H,52,57)/t28-,29-,31+,32+,43-/m1/s1. The van der Waals surface area contributed by atoms with Crippen LogP contribution in [0.1, 0.15) is 83.1 Å². The molecule has 2 aromatic carbocycles. The molecule has 2 aliphatic carbocycles. The number of hydrogen-bond acceptors (Lipinski definition) is 10. The zero-order chi connectivity index (χ0) is 44.3. The first kappa shape index (κ1) is 42.6. The number of halogens is 3. The number of carbonyl (C=O) groups is 4. The smallest absolute Gasteiger partial charge is 0.416 e. The van der Waals surface area contributed by atoms with Crippen molar-refractivity contribution in [3.05, 3.63) is 66.2 Å². The van der Waals surface area contributed by atoms with Gasteiger partial charge in [0.1, 0.15) is 34.8 Å². The van der Waals surface area contributed by atoms with Crippen LogP contribution in [0.3, 0.4) is 0 Å². The number of nitrogens with zero attached hydrogens (tertiary/aromatic N) is 4. The second-order valence-electron chi connectivity index (χ2n) is 17.6. The van der Waals surface area contributed by atoms with Crippen LogP contribution < -0.4 is 20.1 Å². The number of ether oxygens (including phenoxy) is 1. The molecule has 2 saturated heterocycles. The number of fused-ring (bicyclic) bond motifs is 5. The van der Waals surface area contributed by atoms with E-state index >= 15 is 0 Å². The Labute approximate surface area is 361 Å². The van der Waals surface area contributed by atoms with Crippen molar-refractivity contribution in [1.29, 1.82) is 0 Å². The highest BCUT2D eigenvalue weighted by Gasteiger charge is 2.63. The largest absolute Gasteiger partial charge is 0.470 e. The van der Waals surface area contributed by atoms with E-state index in [-0.39, 0.29) is 48.3 Å². The Morgan fingerprint density at radius 1 is 0.984 bits per heavy atom. The summed E-state index contributed by atoms with van der Waals surface area (Å²) in [4.78, 5) is 69.2. The van der Waals surface area contributed by atoms with Crippen molar-refractivity contribution in [2.24, 2.45) is 5.92 Å². The number of nitrogens with one attached hydrogen (secondary N) is 3. The number of hydrogen-bond donors (Lipinski definition) is 3. The maximum atomic E-state index is 14.8. The molecule has 15 nitrogen and oxygen atoms in total. The minimum atomic E-state index is -4.56. The van der Waals surface area contributed by atoms with Gasteiger partial charge in [-0.3, -0.25) is 19.1 Å². The molecule has 0 unspecified atom stereocenters. The van der Waals surface area contributed by atoms with Crippen molar-refractivity contribution in [2.75, 3.05) is 19.6 Å². The molecule has 5 atom stereocenters. The van der Waals surface area contributed by atoms with Crippen LogP contribution >= 0.6 is 0 Å². The van der Waals surface area contributed by atoms with E-state index in [2.05, 4.69) is 25.3 Å². The lowest BCUT2D eigenvalue weighted by molar-refractivity contribution is -0.141. The van der Waals surface area contributed by atoms with Gasteiger partial charge in [-0.25, -0.2) is 18.2 Å². The molecule has 5 heterocycles. The number of aromatic nitrogens is 2. The highest BCUT2D eigenvalue weighted by molar-refractivity contribution is 7.91. The van der Waals surface area contributed by atoms with Gasteiger partial charge in [0, 0.05) is 36.4 Å². The minimum Gasteiger partial charge on any atom is -0.470 e. The lowest BCUT2D eigenvalue weighted by Gasteiger charge is -2.30. The van der Waals surface area contributed by atoms with Gasteiger partial charge in [0.25, 0.3) is 11.8 Å². The van der Waals surface area contributed by atoms with Crippen molar-refractivity contribution in [3.63, 3.8) is 0 Å². The molecule has 9 rings (SSSR count). The number of benzene rings is 2. The molecule has 0 radical (unpaired) electrons.